The van der Waals surface area contributed by atoms with Crippen molar-refractivity contribution in [3.8, 4) is 0 Å². The van der Waals surface area contributed by atoms with Gasteiger partial charge in [-0.25, -0.2) is 0 Å². The molecule has 0 spiro atoms. The predicted octanol–water partition coefficient (Wildman–Crippen LogP) is 2.17. The highest BCUT2D eigenvalue weighted by Crippen LogP contribution is 2.39. The molecule has 3 aliphatic rings. The number of nitrogens with zero attached hydrogens (tertiary/aromatic N) is 1. The van der Waals surface area contributed by atoms with E-state index in [0.29, 0.717) is 11.9 Å². The minimum atomic E-state index is -0.134. The molecule has 3 nitrogen and oxygen atoms in total. The van der Waals surface area contributed by atoms with E-state index in [4.69, 9.17) is 0 Å². The van der Waals surface area contributed by atoms with E-state index in [-0.39, 0.29) is 5.41 Å². The number of amides is 1. The predicted molar refractivity (Wildman–Crippen MR) is 72.3 cm³/mol. The van der Waals surface area contributed by atoms with E-state index in [2.05, 4.69) is 17.1 Å². The second kappa shape index (κ2) is 4.84. The molecule has 0 bridgehead atoms. The summed E-state index contributed by atoms with van der Waals surface area (Å²) in [7, 11) is 0. The van der Waals surface area contributed by atoms with Gasteiger partial charge in [-0.05, 0) is 51.5 Å². The normalized spacial score (nSPS) is 40.6. The molecule has 1 N–H and O–H groups in total. The Labute approximate surface area is 110 Å². The first-order valence-corrected chi connectivity index (χ1v) is 7.72. The third kappa shape index (κ3) is 2.07. The molecule has 1 saturated carbocycles. The van der Waals surface area contributed by atoms with Gasteiger partial charge in [0.05, 0.1) is 5.41 Å². The molecule has 1 amide bonds. The molecule has 0 aromatic rings. The van der Waals surface area contributed by atoms with Crippen LogP contribution in [0.2, 0.25) is 0 Å². The summed E-state index contributed by atoms with van der Waals surface area (Å²) in [6.07, 6.45) is 8.75. The highest BCUT2D eigenvalue weighted by molar-refractivity contribution is 5.83. The number of hydrogen-bond donors (Lipinski definition) is 1. The van der Waals surface area contributed by atoms with E-state index in [9.17, 15) is 4.79 Å². The highest BCUT2D eigenvalue weighted by Gasteiger charge is 2.44. The van der Waals surface area contributed by atoms with E-state index in [1.165, 1.54) is 32.1 Å². The Hall–Kier alpha value is -0.570. The fourth-order valence-corrected chi connectivity index (χ4v) is 4.24. The molecule has 3 unspecified atom stereocenters. The van der Waals surface area contributed by atoms with Crippen LogP contribution in [0.25, 0.3) is 0 Å². The smallest absolute Gasteiger partial charge is 0.230 e. The van der Waals surface area contributed by atoms with Crippen LogP contribution in [0, 0.1) is 11.3 Å². The van der Waals surface area contributed by atoms with Crippen molar-refractivity contribution in [3.63, 3.8) is 0 Å². The van der Waals surface area contributed by atoms with Gasteiger partial charge < -0.3 is 10.2 Å². The van der Waals surface area contributed by atoms with Gasteiger partial charge in [-0.1, -0.05) is 12.8 Å². The molecule has 0 radical (unpaired) electrons. The molecule has 2 aliphatic heterocycles. The van der Waals surface area contributed by atoms with E-state index in [1.807, 2.05) is 0 Å². The van der Waals surface area contributed by atoms with Crippen molar-refractivity contribution in [1.29, 1.82) is 0 Å². The zero-order chi connectivity index (χ0) is 12.6. The van der Waals surface area contributed by atoms with Crippen molar-refractivity contribution < 1.29 is 4.79 Å². The Morgan fingerprint density at radius 2 is 2.06 bits per heavy atom. The second-order valence-electron chi connectivity index (χ2n) is 6.74. The molecule has 2 saturated heterocycles. The summed E-state index contributed by atoms with van der Waals surface area (Å²) in [6.45, 7) is 5.13. The van der Waals surface area contributed by atoms with Crippen molar-refractivity contribution >= 4 is 5.91 Å². The largest absolute Gasteiger partial charge is 0.339 e. The molecule has 2 heterocycles. The fraction of sp³-hybridized carbons (Fsp3) is 0.933. The van der Waals surface area contributed by atoms with Gasteiger partial charge in [0, 0.05) is 19.1 Å². The van der Waals surface area contributed by atoms with Gasteiger partial charge in [0.1, 0.15) is 0 Å². The third-order valence-electron chi connectivity index (χ3n) is 5.38. The highest BCUT2D eigenvalue weighted by atomic mass is 16.2. The van der Waals surface area contributed by atoms with E-state index >= 15 is 0 Å². The number of rotatable bonds is 1. The zero-order valence-corrected chi connectivity index (χ0v) is 11.6. The Morgan fingerprint density at radius 1 is 1.22 bits per heavy atom. The molecule has 3 fully saturated rings. The Kier molecular flexibility index (Phi) is 3.35. The first-order valence-electron chi connectivity index (χ1n) is 7.72. The average molecular weight is 250 g/mol. The summed E-state index contributed by atoms with van der Waals surface area (Å²) < 4.78 is 0. The standard InChI is InChI=1S/C15H26N2O/c1-15(8-4-9-16-11-15)14(18)17-10-7-12-5-2-3-6-13(12)17/h12-13,16H,2-11H2,1H3. The summed E-state index contributed by atoms with van der Waals surface area (Å²) in [5.41, 5.74) is -0.134. The molecule has 18 heavy (non-hydrogen) atoms. The molecule has 3 rings (SSSR count). The van der Waals surface area contributed by atoms with Crippen LogP contribution < -0.4 is 5.32 Å². The fourth-order valence-electron chi connectivity index (χ4n) is 4.24. The lowest BCUT2D eigenvalue weighted by Gasteiger charge is -2.40. The monoisotopic (exact) mass is 250 g/mol. The number of piperidine rings is 1. The lowest BCUT2D eigenvalue weighted by Crippen LogP contribution is -2.52. The van der Waals surface area contributed by atoms with Gasteiger partial charge in [0.2, 0.25) is 5.91 Å². The Morgan fingerprint density at radius 3 is 2.83 bits per heavy atom. The molecule has 1 aliphatic carbocycles. The summed E-state index contributed by atoms with van der Waals surface area (Å²) >= 11 is 0. The van der Waals surface area contributed by atoms with Gasteiger partial charge in [0.15, 0.2) is 0 Å². The molecule has 3 heteroatoms. The third-order valence-corrected chi connectivity index (χ3v) is 5.38. The molecule has 3 atom stereocenters. The number of carbonyl (C=O) groups excluding carboxylic acids is 1. The number of hydrogen-bond acceptors (Lipinski definition) is 2. The molecule has 0 aromatic heterocycles. The topological polar surface area (TPSA) is 32.3 Å². The van der Waals surface area contributed by atoms with E-state index in [1.54, 1.807) is 0 Å². The summed E-state index contributed by atoms with van der Waals surface area (Å²) in [5.74, 6) is 1.24. The van der Waals surface area contributed by atoms with Gasteiger partial charge in [-0.3, -0.25) is 4.79 Å². The van der Waals surface area contributed by atoms with Crippen LogP contribution in [0.5, 0.6) is 0 Å². The van der Waals surface area contributed by atoms with Crippen molar-refractivity contribution in [3.05, 3.63) is 0 Å². The second-order valence-corrected chi connectivity index (χ2v) is 6.74. The van der Waals surface area contributed by atoms with E-state index < -0.39 is 0 Å². The zero-order valence-electron chi connectivity index (χ0n) is 11.6. The van der Waals surface area contributed by atoms with Crippen molar-refractivity contribution in [2.45, 2.75) is 57.9 Å². The van der Waals surface area contributed by atoms with Crippen LogP contribution in [-0.4, -0.2) is 36.5 Å². The number of likely N-dealkylation sites (tertiary alicyclic amines) is 1. The van der Waals surface area contributed by atoms with Crippen molar-refractivity contribution in [2.24, 2.45) is 11.3 Å². The lowest BCUT2D eigenvalue weighted by atomic mass is 9.80. The molecule has 102 valence electrons. The van der Waals surface area contributed by atoms with Crippen molar-refractivity contribution in [1.82, 2.24) is 10.2 Å². The Balaban J connectivity index is 1.72. The van der Waals surface area contributed by atoms with Crippen LogP contribution in [0.1, 0.15) is 51.9 Å². The minimum Gasteiger partial charge on any atom is -0.339 e. The lowest BCUT2D eigenvalue weighted by molar-refractivity contribution is -0.143. The Bertz CT molecular complexity index is 322. The number of carbonyl (C=O) groups is 1. The van der Waals surface area contributed by atoms with Gasteiger partial charge in [-0.15, -0.1) is 0 Å². The van der Waals surface area contributed by atoms with Crippen LogP contribution >= 0.6 is 0 Å². The maximum absolute atomic E-state index is 12.9. The van der Waals surface area contributed by atoms with Gasteiger partial charge in [0.25, 0.3) is 0 Å². The maximum Gasteiger partial charge on any atom is 0.230 e. The molecular formula is C15H26N2O. The van der Waals surface area contributed by atoms with Crippen molar-refractivity contribution in [2.75, 3.05) is 19.6 Å². The van der Waals surface area contributed by atoms with Gasteiger partial charge >= 0.3 is 0 Å². The van der Waals surface area contributed by atoms with Crippen LogP contribution in [0.4, 0.5) is 0 Å². The average Bonchev–Trinajstić information content (AvgIpc) is 2.82. The summed E-state index contributed by atoms with van der Waals surface area (Å²) in [5, 5.41) is 3.40. The SMILES string of the molecule is CC1(C(=O)N2CCC3CCCCC32)CCCNC1. The quantitative estimate of drug-likeness (QED) is 0.773. The summed E-state index contributed by atoms with van der Waals surface area (Å²) in [6, 6.07) is 0.574. The molecule has 0 aromatic carbocycles. The van der Waals surface area contributed by atoms with E-state index in [0.717, 1.165) is 38.4 Å². The minimum absolute atomic E-state index is 0.134. The molecular weight excluding hydrogens is 224 g/mol. The number of fused-ring (bicyclic) bond motifs is 1. The van der Waals surface area contributed by atoms with Crippen LogP contribution in [0.3, 0.4) is 0 Å². The first kappa shape index (κ1) is 12.5. The first-order chi connectivity index (χ1) is 8.71. The van der Waals surface area contributed by atoms with Gasteiger partial charge in [-0.2, -0.15) is 0 Å². The summed E-state index contributed by atoms with van der Waals surface area (Å²) in [4.78, 5) is 15.1. The van der Waals surface area contributed by atoms with Crippen LogP contribution in [-0.2, 0) is 4.79 Å². The van der Waals surface area contributed by atoms with Crippen LogP contribution in [0.15, 0.2) is 0 Å². The maximum atomic E-state index is 12.9. The number of nitrogens with one attached hydrogen (secondary N) is 1.